The zero-order valence-corrected chi connectivity index (χ0v) is 10.7. The van der Waals surface area contributed by atoms with Crippen molar-refractivity contribution in [2.75, 3.05) is 11.9 Å². The molecule has 0 aliphatic carbocycles. The van der Waals surface area contributed by atoms with E-state index in [1.807, 2.05) is 0 Å². The lowest BCUT2D eigenvalue weighted by molar-refractivity contribution is 0.0697. The van der Waals surface area contributed by atoms with Crippen LogP contribution in [0.3, 0.4) is 0 Å². The van der Waals surface area contributed by atoms with Crippen molar-refractivity contribution in [2.24, 2.45) is 0 Å². The number of hydrogen-bond acceptors (Lipinski definition) is 6. The highest BCUT2D eigenvalue weighted by Gasteiger charge is 2.11. The zero-order valence-electron chi connectivity index (χ0n) is 10.7. The maximum Gasteiger partial charge on any atom is 0.339 e. The molecule has 2 heterocycles. The third-order valence-electron chi connectivity index (χ3n) is 2.48. The number of aryl methyl sites for hydroxylation is 2. The van der Waals surface area contributed by atoms with E-state index in [9.17, 15) is 4.79 Å². The molecule has 2 aromatic rings. The Morgan fingerprint density at radius 1 is 1.37 bits per heavy atom. The van der Waals surface area contributed by atoms with Crippen LogP contribution >= 0.6 is 0 Å². The molecular weight excluding hydrogens is 248 g/mol. The van der Waals surface area contributed by atoms with E-state index in [4.69, 9.17) is 9.63 Å². The summed E-state index contributed by atoms with van der Waals surface area (Å²) in [7, 11) is 0. The maximum atomic E-state index is 11.0. The predicted molar refractivity (Wildman–Crippen MR) is 67.2 cm³/mol. The molecule has 7 nitrogen and oxygen atoms in total. The molecule has 7 heteroatoms. The number of aromatic carboxylic acids is 1. The summed E-state index contributed by atoms with van der Waals surface area (Å²) in [5.74, 6) is 0.433. The minimum absolute atomic E-state index is 0.148. The Labute approximate surface area is 109 Å². The molecule has 0 aromatic carbocycles. The van der Waals surface area contributed by atoms with Crippen LogP contribution in [0.2, 0.25) is 0 Å². The third-order valence-corrected chi connectivity index (χ3v) is 2.48. The zero-order chi connectivity index (χ0) is 13.8. The highest BCUT2D eigenvalue weighted by molar-refractivity contribution is 5.93. The Kier molecular flexibility index (Phi) is 3.74. The van der Waals surface area contributed by atoms with Gasteiger partial charge >= 0.3 is 5.97 Å². The van der Waals surface area contributed by atoms with Crippen LogP contribution in [0.1, 0.15) is 27.8 Å². The summed E-state index contributed by atoms with van der Waals surface area (Å²) in [6.45, 7) is 4.00. The van der Waals surface area contributed by atoms with Gasteiger partial charge in [-0.25, -0.2) is 9.78 Å². The fraction of sp³-hybridized carbons (Fsp3) is 0.333. The summed E-state index contributed by atoms with van der Waals surface area (Å²) in [5.41, 5.74) is 0.901. The predicted octanol–water partition coefficient (Wildman–Crippen LogP) is 1.43. The van der Waals surface area contributed by atoms with Crippen molar-refractivity contribution < 1.29 is 14.4 Å². The first-order valence-electron chi connectivity index (χ1n) is 5.80. The number of pyridine rings is 1. The van der Waals surface area contributed by atoms with Gasteiger partial charge in [0.25, 0.3) is 0 Å². The van der Waals surface area contributed by atoms with Crippen molar-refractivity contribution in [3.63, 3.8) is 0 Å². The summed E-state index contributed by atoms with van der Waals surface area (Å²) in [6, 6.07) is 3.20. The second kappa shape index (κ2) is 5.47. The minimum atomic E-state index is -1.01. The van der Waals surface area contributed by atoms with Crippen molar-refractivity contribution in [2.45, 2.75) is 20.3 Å². The fourth-order valence-corrected chi connectivity index (χ4v) is 1.60. The summed E-state index contributed by atoms with van der Waals surface area (Å²) >= 11 is 0. The highest BCUT2D eigenvalue weighted by atomic mass is 16.5. The van der Waals surface area contributed by atoms with Crippen LogP contribution in [-0.4, -0.2) is 32.7 Å². The van der Waals surface area contributed by atoms with Gasteiger partial charge in [-0.1, -0.05) is 5.16 Å². The monoisotopic (exact) mass is 262 g/mol. The smallest absolute Gasteiger partial charge is 0.339 e. The molecule has 0 fully saturated rings. The molecule has 2 N–H and O–H groups in total. The van der Waals surface area contributed by atoms with Crippen molar-refractivity contribution in [3.05, 3.63) is 35.1 Å². The lowest BCUT2D eigenvalue weighted by Crippen LogP contribution is -2.12. The molecule has 0 amide bonds. The molecule has 0 unspecified atom stereocenters. The number of nitrogens with zero attached hydrogens (tertiary/aromatic N) is 3. The molecule has 0 saturated carbocycles. The lowest BCUT2D eigenvalue weighted by Gasteiger charge is -2.08. The molecule has 2 aromatic heterocycles. The first-order chi connectivity index (χ1) is 9.06. The second-order valence-corrected chi connectivity index (χ2v) is 4.06. The van der Waals surface area contributed by atoms with Crippen LogP contribution in [-0.2, 0) is 6.42 Å². The first kappa shape index (κ1) is 13.0. The molecule has 2 rings (SSSR count). The van der Waals surface area contributed by atoms with E-state index < -0.39 is 5.97 Å². The third kappa shape index (κ3) is 3.27. The molecule has 0 radical (unpaired) electrons. The van der Waals surface area contributed by atoms with Gasteiger partial charge in [-0.05, 0) is 19.1 Å². The van der Waals surface area contributed by atoms with Gasteiger partial charge in [0.05, 0.1) is 0 Å². The van der Waals surface area contributed by atoms with E-state index in [2.05, 4.69) is 20.4 Å². The van der Waals surface area contributed by atoms with Gasteiger partial charge in [0, 0.05) is 25.6 Å². The van der Waals surface area contributed by atoms with Gasteiger partial charge in [-0.15, -0.1) is 0 Å². The number of carboxylic acids is 1. The Morgan fingerprint density at radius 2 is 2.16 bits per heavy atom. The second-order valence-electron chi connectivity index (χ2n) is 4.06. The molecule has 0 saturated heterocycles. The maximum absolute atomic E-state index is 11.0. The molecule has 19 heavy (non-hydrogen) atoms. The number of nitrogens with one attached hydrogen (secondary N) is 1. The van der Waals surface area contributed by atoms with E-state index in [-0.39, 0.29) is 5.56 Å². The Balaban J connectivity index is 2.02. The SMILES string of the molecule is Cc1ccc(C(=O)O)c(NCCc2noc(C)n2)n1. The van der Waals surface area contributed by atoms with Gasteiger partial charge in [-0.3, -0.25) is 0 Å². The van der Waals surface area contributed by atoms with Crippen LogP contribution in [0.4, 0.5) is 5.82 Å². The largest absolute Gasteiger partial charge is 0.478 e. The average molecular weight is 262 g/mol. The van der Waals surface area contributed by atoms with Crippen molar-refractivity contribution >= 4 is 11.8 Å². The van der Waals surface area contributed by atoms with Crippen LogP contribution < -0.4 is 5.32 Å². The van der Waals surface area contributed by atoms with Crippen molar-refractivity contribution in [1.82, 2.24) is 15.1 Å². The van der Waals surface area contributed by atoms with Gasteiger partial charge in [-0.2, -0.15) is 4.98 Å². The fourth-order valence-electron chi connectivity index (χ4n) is 1.60. The van der Waals surface area contributed by atoms with Crippen molar-refractivity contribution in [3.8, 4) is 0 Å². The van der Waals surface area contributed by atoms with Gasteiger partial charge in [0.2, 0.25) is 5.89 Å². The first-order valence-corrected chi connectivity index (χ1v) is 5.80. The summed E-state index contributed by atoms with van der Waals surface area (Å²) in [5, 5.41) is 15.8. The molecule has 0 aliphatic heterocycles. The number of anilines is 1. The number of aromatic nitrogens is 3. The average Bonchev–Trinajstić information content (AvgIpc) is 2.75. The highest BCUT2D eigenvalue weighted by Crippen LogP contribution is 2.13. The number of carboxylic acid groups (broad SMARTS) is 1. The van der Waals surface area contributed by atoms with E-state index in [0.29, 0.717) is 30.5 Å². The quantitative estimate of drug-likeness (QED) is 0.840. The van der Waals surface area contributed by atoms with Crippen molar-refractivity contribution in [1.29, 1.82) is 0 Å². The van der Waals surface area contributed by atoms with E-state index in [1.54, 1.807) is 19.9 Å². The summed E-state index contributed by atoms with van der Waals surface area (Å²) < 4.78 is 4.85. The van der Waals surface area contributed by atoms with Gasteiger partial charge in [0.1, 0.15) is 11.4 Å². The summed E-state index contributed by atoms with van der Waals surface area (Å²) in [4.78, 5) is 19.3. The molecule has 0 aliphatic rings. The molecule has 0 atom stereocenters. The minimum Gasteiger partial charge on any atom is -0.478 e. The van der Waals surface area contributed by atoms with Crippen LogP contribution in [0.5, 0.6) is 0 Å². The normalized spacial score (nSPS) is 10.4. The number of carbonyl (C=O) groups is 1. The van der Waals surface area contributed by atoms with Gasteiger partial charge in [0.15, 0.2) is 5.82 Å². The summed E-state index contributed by atoms with van der Waals surface area (Å²) in [6.07, 6.45) is 0.534. The Morgan fingerprint density at radius 3 is 2.79 bits per heavy atom. The molecular formula is C12H14N4O3. The van der Waals surface area contributed by atoms with Gasteiger partial charge < -0.3 is 14.9 Å². The van der Waals surface area contributed by atoms with Crippen LogP contribution in [0, 0.1) is 13.8 Å². The molecule has 0 spiro atoms. The standard InChI is InChI=1S/C12H14N4O3/c1-7-3-4-9(12(17)18)11(14-7)13-6-5-10-15-8(2)19-16-10/h3-4H,5-6H2,1-2H3,(H,13,14)(H,17,18). The van der Waals surface area contributed by atoms with E-state index in [0.717, 1.165) is 5.69 Å². The Hall–Kier alpha value is -2.44. The molecule has 0 bridgehead atoms. The number of rotatable bonds is 5. The van der Waals surface area contributed by atoms with Crippen LogP contribution in [0.25, 0.3) is 0 Å². The number of hydrogen-bond donors (Lipinski definition) is 2. The van der Waals surface area contributed by atoms with E-state index >= 15 is 0 Å². The topological polar surface area (TPSA) is 101 Å². The van der Waals surface area contributed by atoms with Crippen LogP contribution in [0.15, 0.2) is 16.7 Å². The lowest BCUT2D eigenvalue weighted by atomic mass is 10.2. The molecule has 100 valence electrons. The van der Waals surface area contributed by atoms with E-state index in [1.165, 1.54) is 6.07 Å². The Bertz CT molecular complexity index is 594.